The fraction of sp³-hybridized carbons (Fsp3) is 0. The Bertz CT molecular complexity index is 3360. The van der Waals surface area contributed by atoms with Crippen LogP contribution in [0, 0.1) is 0 Å². The topological polar surface area (TPSA) is 14.3 Å². The molecule has 4 aromatic heterocycles. The molecule has 0 saturated heterocycles. The van der Waals surface area contributed by atoms with E-state index in [0.717, 1.165) is 0 Å². The van der Waals surface area contributed by atoms with Crippen molar-refractivity contribution in [3.63, 3.8) is 0 Å². The molecule has 0 saturated carbocycles. The van der Waals surface area contributed by atoms with E-state index >= 15 is 0 Å². The molecule has 0 amide bonds. The molecule has 0 radical (unpaired) electrons. The molecule has 3 heteroatoms. The van der Waals surface area contributed by atoms with Crippen LogP contribution in [0.1, 0.15) is 0 Å². The normalized spacial score (nSPS) is 12.3. The van der Waals surface area contributed by atoms with Crippen molar-refractivity contribution in [3.05, 3.63) is 176 Å². The Hall–Kier alpha value is -6.84. The standard InChI is InChI=1S/C48H29N3/c1-2-12-32(13-3-1)49-40-18-8-5-15-34(40)38-28-30(22-25-44(38)49)31-23-26-45-39(29-31)35-16-6-9-19-41(35)50(45)46-27-24-36-33-14-4-10-20-42(33)51-43-21-11-7-17-37(43)47(46)48(36)51/h1-29H. The van der Waals surface area contributed by atoms with Crippen LogP contribution in [0.3, 0.4) is 0 Å². The van der Waals surface area contributed by atoms with Gasteiger partial charge >= 0.3 is 0 Å². The van der Waals surface area contributed by atoms with Crippen LogP contribution in [0.2, 0.25) is 0 Å². The van der Waals surface area contributed by atoms with Gasteiger partial charge in [-0.1, -0.05) is 109 Å². The van der Waals surface area contributed by atoms with Crippen LogP contribution >= 0.6 is 0 Å². The van der Waals surface area contributed by atoms with Gasteiger partial charge in [-0.15, -0.1) is 0 Å². The van der Waals surface area contributed by atoms with Crippen LogP contribution in [-0.4, -0.2) is 13.5 Å². The maximum atomic E-state index is 2.49. The summed E-state index contributed by atoms with van der Waals surface area (Å²) >= 11 is 0. The van der Waals surface area contributed by atoms with E-state index < -0.39 is 0 Å². The van der Waals surface area contributed by atoms with Crippen molar-refractivity contribution in [2.24, 2.45) is 0 Å². The number of rotatable bonds is 3. The van der Waals surface area contributed by atoms with Crippen LogP contribution in [0.15, 0.2) is 176 Å². The summed E-state index contributed by atoms with van der Waals surface area (Å²) in [6, 6.07) is 64.6. The van der Waals surface area contributed by atoms with Crippen molar-refractivity contribution in [3.8, 4) is 22.5 Å². The minimum atomic E-state index is 1.18. The molecule has 51 heavy (non-hydrogen) atoms. The Kier molecular flexibility index (Phi) is 5.23. The van der Waals surface area contributed by atoms with Gasteiger partial charge in [0.15, 0.2) is 0 Å². The lowest BCUT2D eigenvalue weighted by Crippen LogP contribution is -1.95. The highest BCUT2D eigenvalue weighted by atomic mass is 15.0. The first-order valence-corrected chi connectivity index (χ1v) is 17.6. The van der Waals surface area contributed by atoms with Crippen LogP contribution in [0.4, 0.5) is 0 Å². The fourth-order valence-electron chi connectivity index (χ4n) is 9.05. The quantitative estimate of drug-likeness (QED) is 0.181. The molecule has 0 unspecified atom stereocenters. The maximum Gasteiger partial charge on any atom is 0.0641 e. The van der Waals surface area contributed by atoms with Crippen LogP contribution in [-0.2, 0) is 0 Å². The van der Waals surface area contributed by atoms with E-state index in [1.54, 1.807) is 0 Å². The van der Waals surface area contributed by atoms with Gasteiger partial charge in [-0.3, -0.25) is 0 Å². The molecular weight excluding hydrogens is 619 g/mol. The van der Waals surface area contributed by atoms with E-state index in [2.05, 4.69) is 189 Å². The molecule has 0 bridgehead atoms. The molecule has 0 N–H and O–H groups in total. The molecule has 12 aromatic rings. The minimum Gasteiger partial charge on any atom is -0.309 e. The molecule has 0 aliphatic carbocycles. The number of benzene rings is 8. The Labute approximate surface area is 292 Å². The van der Waals surface area contributed by atoms with E-state index in [4.69, 9.17) is 0 Å². The third kappa shape index (κ3) is 3.52. The summed E-state index contributed by atoms with van der Waals surface area (Å²) in [6.07, 6.45) is 0. The molecule has 0 aliphatic heterocycles. The van der Waals surface area contributed by atoms with Crippen molar-refractivity contribution in [2.75, 3.05) is 0 Å². The molecule has 4 heterocycles. The zero-order chi connectivity index (χ0) is 33.2. The van der Waals surface area contributed by atoms with Gasteiger partial charge < -0.3 is 13.5 Å². The van der Waals surface area contributed by atoms with Crippen LogP contribution in [0.25, 0.3) is 104 Å². The maximum absolute atomic E-state index is 2.49. The van der Waals surface area contributed by atoms with Crippen molar-refractivity contribution >= 4 is 81.7 Å². The minimum absolute atomic E-state index is 1.18. The fourth-order valence-corrected chi connectivity index (χ4v) is 9.05. The van der Waals surface area contributed by atoms with Gasteiger partial charge in [0.1, 0.15) is 0 Å². The van der Waals surface area contributed by atoms with Crippen molar-refractivity contribution < 1.29 is 0 Å². The van der Waals surface area contributed by atoms with Gasteiger partial charge in [-0.2, -0.15) is 0 Å². The van der Waals surface area contributed by atoms with Gasteiger partial charge in [0, 0.05) is 48.8 Å². The highest BCUT2D eigenvalue weighted by Gasteiger charge is 2.22. The summed E-state index contributed by atoms with van der Waals surface area (Å²) in [5, 5.41) is 10.2. The van der Waals surface area contributed by atoms with E-state index in [0.29, 0.717) is 0 Å². The molecule has 236 valence electrons. The average Bonchev–Trinajstić information content (AvgIpc) is 3.92. The first kappa shape index (κ1) is 27.0. The molecule has 12 rings (SSSR count). The Morgan fingerprint density at radius 3 is 1.41 bits per heavy atom. The third-order valence-electron chi connectivity index (χ3n) is 11.2. The summed E-state index contributed by atoms with van der Waals surface area (Å²) in [5.41, 5.74) is 13.5. The molecular formula is C48H29N3. The molecule has 0 aliphatic rings. The highest BCUT2D eigenvalue weighted by Crippen LogP contribution is 2.44. The number of para-hydroxylation sites is 5. The first-order valence-electron chi connectivity index (χ1n) is 17.6. The van der Waals surface area contributed by atoms with Gasteiger partial charge in [-0.25, -0.2) is 0 Å². The Balaban J connectivity index is 1.11. The van der Waals surface area contributed by atoms with Crippen molar-refractivity contribution in [1.82, 2.24) is 13.5 Å². The summed E-state index contributed by atoms with van der Waals surface area (Å²) in [5.74, 6) is 0. The highest BCUT2D eigenvalue weighted by molar-refractivity contribution is 6.26. The Morgan fingerprint density at radius 1 is 0.294 bits per heavy atom. The summed E-state index contributed by atoms with van der Waals surface area (Å²) in [6.45, 7) is 0. The predicted molar refractivity (Wildman–Crippen MR) is 215 cm³/mol. The van der Waals surface area contributed by atoms with Gasteiger partial charge in [0.05, 0.1) is 44.3 Å². The summed E-state index contributed by atoms with van der Waals surface area (Å²) in [4.78, 5) is 0. The SMILES string of the molecule is c1ccc(-n2c3ccccc3c3cc(-c4ccc5c(c4)c4ccccc4n5-c4ccc5c6ccccc6n6c7ccccc7c4c56)ccc32)cc1. The first-order chi connectivity index (χ1) is 25.3. The lowest BCUT2D eigenvalue weighted by atomic mass is 10.0. The number of aromatic nitrogens is 3. The number of nitrogens with zero attached hydrogens (tertiary/aromatic N) is 3. The lowest BCUT2D eigenvalue weighted by Gasteiger charge is -2.11. The van der Waals surface area contributed by atoms with Crippen LogP contribution in [0.5, 0.6) is 0 Å². The zero-order valence-corrected chi connectivity index (χ0v) is 27.6. The average molecular weight is 648 g/mol. The second-order valence-electron chi connectivity index (χ2n) is 13.7. The lowest BCUT2D eigenvalue weighted by molar-refractivity contribution is 1.18. The van der Waals surface area contributed by atoms with E-state index in [1.807, 2.05) is 0 Å². The molecule has 0 spiro atoms. The monoisotopic (exact) mass is 647 g/mol. The summed E-state index contributed by atoms with van der Waals surface area (Å²) < 4.78 is 7.34. The zero-order valence-electron chi connectivity index (χ0n) is 27.6. The largest absolute Gasteiger partial charge is 0.309 e. The molecule has 8 aromatic carbocycles. The van der Waals surface area contributed by atoms with E-state index in [9.17, 15) is 0 Å². The van der Waals surface area contributed by atoms with E-state index in [1.165, 1.54) is 104 Å². The van der Waals surface area contributed by atoms with Crippen LogP contribution < -0.4 is 0 Å². The molecule has 0 fully saturated rings. The Morgan fingerprint density at radius 2 is 0.765 bits per heavy atom. The second-order valence-corrected chi connectivity index (χ2v) is 13.7. The number of fused-ring (bicyclic) bond motifs is 12. The van der Waals surface area contributed by atoms with Gasteiger partial charge in [0.25, 0.3) is 0 Å². The van der Waals surface area contributed by atoms with Gasteiger partial charge in [-0.05, 0) is 77.9 Å². The van der Waals surface area contributed by atoms with E-state index in [-0.39, 0.29) is 0 Å². The number of hydrogen-bond donors (Lipinski definition) is 0. The second kappa shape index (κ2) is 9.87. The summed E-state index contributed by atoms with van der Waals surface area (Å²) in [7, 11) is 0. The molecule has 3 nitrogen and oxygen atoms in total. The molecule has 0 atom stereocenters. The van der Waals surface area contributed by atoms with Gasteiger partial charge in [0.2, 0.25) is 0 Å². The predicted octanol–water partition coefficient (Wildman–Crippen LogP) is 12.7. The van der Waals surface area contributed by atoms with Crippen molar-refractivity contribution in [2.45, 2.75) is 0 Å². The van der Waals surface area contributed by atoms with Crippen molar-refractivity contribution in [1.29, 1.82) is 0 Å². The number of hydrogen-bond acceptors (Lipinski definition) is 0. The smallest absolute Gasteiger partial charge is 0.0641 e. The third-order valence-corrected chi connectivity index (χ3v) is 11.2.